The van der Waals surface area contributed by atoms with Crippen LogP contribution in [0.2, 0.25) is 0 Å². The molecule has 17 atom stereocenters. The van der Waals surface area contributed by atoms with Gasteiger partial charge in [-0.3, -0.25) is 4.79 Å². The van der Waals surface area contributed by atoms with E-state index in [1.165, 1.54) is 14.0 Å². The second-order valence-corrected chi connectivity index (χ2v) is 15.7. The number of likely N-dealkylation sites (N-methyl/N-ethyl adjacent to an activating group) is 1. The fraction of sp³-hybridized carbons (Fsp3) is 0.917. The zero-order chi connectivity index (χ0) is 36.8. The molecule has 0 radical (unpaired) electrons. The number of cyclic esters (lactones) is 1. The predicted molar refractivity (Wildman–Crippen MR) is 179 cm³/mol. The normalized spacial score (nSPS) is 47.1. The van der Waals surface area contributed by atoms with Crippen molar-refractivity contribution in [3.63, 3.8) is 0 Å². The molecule has 13 nitrogen and oxygen atoms in total. The molecule has 0 aliphatic carbocycles. The summed E-state index contributed by atoms with van der Waals surface area (Å²) in [6, 6.07) is -0.274. The summed E-state index contributed by atoms with van der Waals surface area (Å²) in [5.41, 5.74) is -2.95. The number of nitrogens with one attached hydrogen (secondary N) is 1. The number of aliphatic hydroxyl groups is 4. The number of hydrogen-bond acceptors (Lipinski definition) is 13. The van der Waals surface area contributed by atoms with E-state index in [9.17, 15) is 25.2 Å². The molecule has 17 unspecified atom stereocenters. The number of ether oxygens (including phenoxy) is 7. The molecule has 0 aromatic carbocycles. The van der Waals surface area contributed by atoms with Crippen LogP contribution in [0.15, 0.2) is 11.3 Å². The van der Waals surface area contributed by atoms with Gasteiger partial charge in [0.2, 0.25) is 0 Å². The minimum Gasteiger partial charge on any atom is -0.488 e. The number of esters is 1. The lowest BCUT2D eigenvalue weighted by Crippen LogP contribution is -2.60. The van der Waals surface area contributed by atoms with Gasteiger partial charge in [0.1, 0.15) is 41.4 Å². The summed E-state index contributed by atoms with van der Waals surface area (Å²) >= 11 is 0. The summed E-state index contributed by atoms with van der Waals surface area (Å²) in [6.07, 6.45) is -7.29. The van der Waals surface area contributed by atoms with Crippen LogP contribution >= 0.6 is 0 Å². The molecule has 284 valence electrons. The van der Waals surface area contributed by atoms with Crippen molar-refractivity contribution in [2.45, 2.75) is 179 Å². The van der Waals surface area contributed by atoms with E-state index in [0.29, 0.717) is 18.6 Å². The number of aliphatic hydroxyl groups excluding tert-OH is 3. The van der Waals surface area contributed by atoms with E-state index in [1.807, 2.05) is 34.6 Å². The first-order valence-corrected chi connectivity index (χ1v) is 17.9. The second kappa shape index (κ2) is 15.3. The summed E-state index contributed by atoms with van der Waals surface area (Å²) in [7, 11) is 3.31. The molecule has 3 fully saturated rings. The number of rotatable bonds is 9. The summed E-state index contributed by atoms with van der Waals surface area (Å²) < 4.78 is 44.6. The average molecular weight is 702 g/mol. The van der Waals surface area contributed by atoms with Gasteiger partial charge in [0.05, 0.1) is 41.9 Å². The van der Waals surface area contributed by atoms with Gasteiger partial charge >= 0.3 is 5.97 Å². The predicted octanol–water partition coefficient (Wildman–Crippen LogP) is 2.55. The highest BCUT2D eigenvalue weighted by Gasteiger charge is 2.56. The lowest BCUT2D eigenvalue weighted by molar-refractivity contribution is -0.314. The van der Waals surface area contributed by atoms with Gasteiger partial charge in [-0.1, -0.05) is 20.8 Å². The van der Waals surface area contributed by atoms with Crippen molar-refractivity contribution in [1.82, 2.24) is 5.32 Å². The van der Waals surface area contributed by atoms with Gasteiger partial charge < -0.3 is 58.9 Å². The molecule has 13 heteroatoms. The van der Waals surface area contributed by atoms with Crippen LogP contribution in [0.1, 0.15) is 94.9 Å². The highest BCUT2D eigenvalue weighted by molar-refractivity contribution is 5.73. The first kappa shape index (κ1) is 40.4. The Morgan fingerprint density at radius 2 is 1.73 bits per heavy atom. The van der Waals surface area contributed by atoms with Crippen LogP contribution in [0.3, 0.4) is 0 Å². The van der Waals surface area contributed by atoms with E-state index < -0.39 is 95.8 Å². The van der Waals surface area contributed by atoms with Crippen LogP contribution in [0.4, 0.5) is 0 Å². The second-order valence-electron chi connectivity index (χ2n) is 15.7. The quantitative estimate of drug-likeness (QED) is 0.222. The summed E-state index contributed by atoms with van der Waals surface area (Å²) in [5, 5.41) is 48.1. The van der Waals surface area contributed by atoms with Crippen LogP contribution in [0.25, 0.3) is 0 Å². The average Bonchev–Trinajstić information content (AvgIpc) is 3.37. The molecule has 0 amide bonds. The monoisotopic (exact) mass is 701 g/mol. The number of methoxy groups -OCH3 is 1. The van der Waals surface area contributed by atoms with Gasteiger partial charge in [-0.25, -0.2) is 0 Å². The van der Waals surface area contributed by atoms with E-state index in [4.69, 9.17) is 33.2 Å². The Balaban J connectivity index is 1.82. The number of carbonyl (C=O) groups is 1. The Hall–Kier alpha value is -1.39. The van der Waals surface area contributed by atoms with Crippen molar-refractivity contribution in [2.24, 2.45) is 17.8 Å². The molecular weight excluding hydrogens is 638 g/mol. The summed E-state index contributed by atoms with van der Waals surface area (Å²) in [4.78, 5) is 14.2. The van der Waals surface area contributed by atoms with Gasteiger partial charge in [0.25, 0.3) is 0 Å². The standard InChI is InChI=1S/C36H63NO12/c1-13-24(38)36(10,42)31-19(4)27-17(2)15-35(9,49-27)30(48-33-26(39)23(37-11)14-18(3)44-33)20(5)28(21(6)32(41)47-31)46-25-16-34(8,43-12)29(40)22(7)45-25/h18-26,28-31,33,37-40,42H,13-16H2,1-12H3. The number of carbonyl (C=O) groups excluding carboxylic acids is 1. The van der Waals surface area contributed by atoms with Crippen LogP contribution in [0.5, 0.6) is 0 Å². The third-order valence-electron chi connectivity index (χ3n) is 11.7. The fourth-order valence-electron chi connectivity index (χ4n) is 8.52. The third kappa shape index (κ3) is 7.86. The van der Waals surface area contributed by atoms with E-state index in [1.54, 1.807) is 34.7 Å². The lowest BCUT2D eigenvalue weighted by Gasteiger charge is -2.48. The SMILES string of the molecule is CCC(O)C(C)(O)C1OC(=O)C(C)C(OC2CC(C)(OC)C(O)C(C)O2)C(C)C(OC2OC(C)CC(NC)C2O)C2(C)CC(C)=C(O2)C1C. The van der Waals surface area contributed by atoms with Crippen LogP contribution in [-0.4, -0.2) is 125 Å². The first-order chi connectivity index (χ1) is 22.7. The van der Waals surface area contributed by atoms with Crippen LogP contribution in [0, 0.1) is 17.8 Å². The van der Waals surface area contributed by atoms with Crippen molar-refractivity contribution in [3.05, 3.63) is 11.3 Å². The Kier molecular flexibility index (Phi) is 12.6. The Morgan fingerprint density at radius 3 is 2.33 bits per heavy atom. The van der Waals surface area contributed by atoms with Gasteiger partial charge in [-0.05, 0) is 73.9 Å². The molecule has 4 rings (SSSR count). The fourth-order valence-corrected chi connectivity index (χ4v) is 8.52. The molecule has 4 heterocycles. The summed E-state index contributed by atoms with van der Waals surface area (Å²) in [5.74, 6) is -2.26. The summed E-state index contributed by atoms with van der Waals surface area (Å²) in [6.45, 7) is 17.9. The molecule has 2 bridgehead atoms. The van der Waals surface area contributed by atoms with Gasteiger partial charge in [0.15, 0.2) is 12.6 Å². The molecule has 4 aliphatic heterocycles. The smallest absolute Gasteiger partial charge is 0.311 e. The highest BCUT2D eigenvalue weighted by Crippen LogP contribution is 2.48. The first-order valence-electron chi connectivity index (χ1n) is 17.9. The molecule has 0 aromatic rings. The Bertz CT molecular complexity index is 1180. The molecule has 49 heavy (non-hydrogen) atoms. The van der Waals surface area contributed by atoms with E-state index in [2.05, 4.69) is 5.32 Å². The number of fused-ring (bicyclic) bond motifs is 2. The van der Waals surface area contributed by atoms with Gasteiger partial charge in [-0.15, -0.1) is 0 Å². The largest absolute Gasteiger partial charge is 0.488 e. The van der Waals surface area contributed by atoms with Crippen molar-refractivity contribution in [2.75, 3.05) is 14.2 Å². The highest BCUT2D eigenvalue weighted by atomic mass is 16.7. The maximum Gasteiger partial charge on any atom is 0.311 e. The van der Waals surface area contributed by atoms with Gasteiger partial charge in [-0.2, -0.15) is 0 Å². The van der Waals surface area contributed by atoms with E-state index >= 15 is 0 Å². The number of hydrogen-bond donors (Lipinski definition) is 5. The maximum absolute atomic E-state index is 14.2. The topological polar surface area (TPSA) is 175 Å². The molecule has 0 spiro atoms. The molecule has 3 saturated heterocycles. The third-order valence-corrected chi connectivity index (χ3v) is 11.7. The van der Waals surface area contributed by atoms with Crippen molar-refractivity contribution in [1.29, 1.82) is 0 Å². The van der Waals surface area contributed by atoms with E-state index in [0.717, 1.165) is 5.57 Å². The molecule has 5 N–H and O–H groups in total. The molecule has 0 aromatic heterocycles. The zero-order valence-electron chi connectivity index (χ0n) is 31.5. The van der Waals surface area contributed by atoms with Gasteiger partial charge in [0, 0.05) is 31.9 Å². The minimum absolute atomic E-state index is 0.174. The molecule has 0 saturated carbocycles. The van der Waals surface area contributed by atoms with Crippen molar-refractivity contribution < 1.29 is 58.4 Å². The zero-order valence-corrected chi connectivity index (χ0v) is 31.5. The van der Waals surface area contributed by atoms with E-state index in [-0.39, 0.29) is 25.0 Å². The Labute approximate surface area is 291 Å². The van der Waals surface area contributed by atoms with Crippen molar-refractivity contribution in [3.8, 4) is 0 Å². The van der Waals surface area contributed by atoms with Crippen LogP contribution in [-0.2, 0) is 38.0 Å². The van der Waals surface area contributed by atoms with Crippen molar-refractivity contribution >= 4 is 5.97 Å². The minimum atomic E-state index is -1.82. The Morgan fingerprint density at radius 1 is 1.08 bits per heavy atom. The molecular formula is C36H63NO12. The molecule has 4 aliphatic rings. The lowest BCUT2D eigenvalue weighted by atomic mass is 9.78. The maximum atomic E-state index is 14.2. The van der Waals surface area contributed by atoms with Crippen LogP contribution < -0.4 is 5.32 Å².